The SMILES string of the molecule is CCCCCCCCCCCCCCCCCCCCCCCCCCCCCCCCCCCCCC(=O)OC[C@H](COP(=O)(O)O)OC(=O)CCCCCCCCCCCCCCCCCCCCCCCCCCCCCCCCCCCCC. The van der Waals surface area contributed by atoms with Crippen molar-refractivity contribution in [2.45, 2.75) is 482 Å². The largest absolute Gasteiger partial charge is 0.469 e. The van der Waals surface area contributed by atoms with Crippen molar-refractivity contribution < 1.29 is 37.9 Å². The lowest BCUT2D eigenvalue weighted by molar-refractivity contribution is -0.161. The zero-order valence-electron chi connectivity index (χ0n) is 59.7. The van der Waals surface area contributed by atoms with Crippen molar-refractivity contribution in [1.29, 1.82) is 0 Å². The maximum Gasteiger partial charge on any atom is 0.469 e. The summed E-state index contributed by atoms with van der Waals surface area (Å²) < 4.78 is 26.8. The molecule has 0 aromatic carbocycles. The molecule has 0 bridgehead atoms. The van der Waals surface area contributed by atoms with Gasteiger partial charge < -0.3 is 19.3 Å². The van der Waals surface area contributed by atoms with Gasteiger partial charge in [0.05, 0.1) is 6.61 Å². The maximum absolute atomic E-state index is 12.6. The average molecular weight is 1270 g/mol. The molecule has 0 aromatic heterocycles. The van der Waals surface area contributed by atoms with Crippen LogP contribution in [0.3, 0.4) is 0 Å². The molecule has 0 heterocycles. The number of carbonyl (C=O) groups excluding carboxylic acids is 2. The normalized spacial score (nSPS) is 12.2. The fourth-order valence-electron chi connectivity index (χ4n) is 13.2. The van der Waals surface area contributed by atoms with Gasteiger partial charge in [0.25, 0.3) is 0 Å². The Balaban J connectivity index is 3.55. The minimum atomic E-state index is -4.77. The van der Waals surface area contributed by atoms with Gasteiger partial charge in [-0.15, -0.1) is 0 Å². The molecule has 1 atom stereocenters. The van der Waals surface area contributed by atoms with Crippen molar-refractivity contribution >= 4 is 19.8 Å². The third-order valence-corrected chi connectivity index (χ3v) is 19.6. The molecule has 526 valence electrons. The van der Waals surface area contributed by atoms with Crippen molar-refractivity contribution in [2.75, 3.05) is 13.2 Å². The molecule has 0 aliphatic carbocycles. The average Bonchev–Trinajstić information content (AvgIpc) is 3.53. The number of esters is 2. The molecular weight excluding hydrogens is 1110 g/mol. The van der Waals surface area contributed by atoms with E-state index < -0.39 is 26.5 Å². The molecule has 0 saturated heterocycles. The number of unbranched alkanes of at least 4 members (excludes halogenated alkanes) is 68. The number of ether oxygens (including phenoxy) is 2. The number of rotatable bonds is 78. The van der Waals surface area contributed by atoms with Crippen molar-refractivity contribution in [3.8, 4) is 0 Å². The minimum absolute atomic E-state index is 0.222. The quantitative estimate of drug-likeness (QED) is 0.0351. The second-order valence-electron chi connectivity index (χ2n) is 28.1. The first kappa shape index (κ1) is 87.0. The molecule has 0 unspecified atom stereocenters. The number of carbonyl (C=O) groups is 2. The van der Waals surface area contributed by atoms with E-state index in [9.17, 15) is 23.9 Å². The minimum Gasteiger partial charge on any atom is -0.462 e. The number of hydrogen-bond donors (Lipinski definition) is 2. The topological polar surface area (TPSA) is 119 Å². The van der Waals surface area contributed by atoms with Gasteiger partial charge in [-0.3, -0.25) is 14.1 Å². The van der Waals surface area contributed by atoms with Gasteiger partial charge in [-0.05, 0) is 12.8 Å². The fourth-order valence-corrected chi connectivity index (χ4v) is 13.5. The van der Waals surface area contributed by atoms with E-state index in [0.29, 0.717) is 6.42 Å². The van der Waals surface area contributed by atoms with Crippen LogP contribution in [0.25, 0.3) is 0 Å². The van der Waals surface area contributed by atoms with Crippen LogP contribution in [0.5, 0.6) is 0 Å². The van der Waals surface area contributed by atoms with Crippen LogP contribution in [0.2, 0.25) is 0 Å². The molecule has 88 heavy (non-hydrogen) atoms. The summed E-state index contributed by atoms with van der Waals surface area (Å²) in [5, 5.41) is 0. The van der Waals surface area contributed by atoms with Gasteiger partial charge in [-0.1, -0.05) is 450 Å². The van der Waals surface area contributed by atoms with Crippen LogP contribution >= 0.6 is 7.82 Å². The summed E-state index contributed by atoms with van der Waals surface area (Å²) >= 11 is 0. The Morgan fingerprint density at radius 2 is 0.409 bits per heavy atom. The molecule has 0 aliphatic heterocycles. The summed E-state index contributed by atoms with van der Waals surface area (Å²) in [5.74, 6) is -0.849. The number of phosphoric acid groups is 1. The van der Waals surface area contributed by atoms with Gasteiger partial charge in [-0.2, -0.15) is 0 Å². The molecule has 0 fully saturated rings. The monoisotopic (exact) mass is 1270 g/mol. The van der Waals surface area contributed by atoms with Gasteiger partial charge in [0.2, 0.25) is 0 Å². The molecule has 0 radical (unpaired) electrons. The Kier molecular flexibility index (Phi) is 74.3. The highest BCUT2D eigenvalue weighted by Crippen LogP contribution is 2.36. The molecule has 0 amide bonds. The predicted octanol–water partition coefficient (Wildman–Crippen LogP) is 27.7. The van der Waals surface area contributed by atoms with E-state index in [-0.39, 0.29) is 25.4 Å². The smallest absolute Gasteiger partial charge is 0.462 e. The lowest BCUT2D eigenvalue weighted by Gasteiger charge is -2.18. The zero-order valence-corrected chi connectivity index (χ0v) is 60.6. The highest BCUT2D eigenvalue weighted by Gasteiger charge is 2.23. The Hall–Kier alpha value is -0.950. The molecule has 8 nitrogen and oxygen atoms in total. The predicted molar refractivity (Wildman–Crippen MR) is 383 cm³/mol. The van der Waals surface area contributed by atoms with Crippen LogP contribution in [-0.4, -0.2) is 41.0 Å². The van der Waals surface area contributed by atoms with Gasteiger partial charge in [0.15, 0.2) is 6.10 Å². The second kappa shape index (κ2) is 75.1. The number of phosphoric ester groups is 1. The van der Waals surface area contributed by atoms with E-state index in [1.807, 2.05) is 0 Å². The molecule has 0 aromatic rings. The van der Waals surface area contributed by atoms with Crippen molar-refractivity contribution in [3.05, 3.63) is 0 Å². The van der Waals surface area contributed by atoms with Gasteiger partial charge >= 0.3 is 19.8 Å². The van der Waals surface area contributed by atoms with E-state index >= 15 is 0 Å². The first-order valence-electron chi connectivity index (χ1n) is 40.3. The van der Waals surface area contributed by atoms with E-state index in [1.165, 1.54) is 411 Å². The number of hydrogen-bond acceptors (Lipinski definition) is 6. The van der Waals surface area contributed by atoms with Crippen molar-refractivity contribution in [2.24, 2.45) is 0 Å². The van der Waals surface area contributed by atoms with Crippen LogP contribution in [0.4, 0.5) is 0 Å². The Labute approximate surface area is 550 Å². The third-order valence-electron chi connectivity index (χ3n) is 19.1. The summed E-state index contributed by atoms with van der Waals surface area (Å²) in [6.07, 6.45) is 95.4. The molecular formula is C79H157O8P. The summed E-state index contributed by atoms with van der Waals surface area (Å²) in [5.41, 5.74) is 0. The van der Waals surface area contributed by atoms with Crippen LogP contribution < -0.4 is 0 Å². The lowest BCUT2D eigenvalue weighted by atomic mass is 10.0. The third kappa shape index (κ3) is 77.5. The maximum atomic E-state index is 12.6. The highest BCUT2D eigenvalue weighted by atomic mass is 31.2. The van der Waals surface area contributed by atoms with E-state index in [0.717, 1.165) is 32.1 Å². The van der Waals surface area contributed by atoms with Crippen LogP contribution in [0.15, 0.2) is 0 Å². The van der Waals surface area contributed by atoms with Gasteiger partial charge in [-0.25, -0.2) is 4.57 Å². The summed E-state index contributed by atoms with van der Waals surface area (Å²) in [6.45, 7) is 3.80. The lowest BCUT2D eigenvalue weighted by Crippen LogP contribution is -2.29. The van der Waals surface area contributed by atoms with Crippen molar-refractivity contribution in [1.82, 2.24) is 0 Å². The van der Waals surface area contributed by atoms with Gasteiger partial charge in [0, 0.05) is 12.8 Å². The standard InChI is InChI=1S/C79H157O8P/c1-3-5-7-9-11-13-15-17-19-21-23-25-27-29-31-33-35-37-39-41-43-45-47-49-51-53-55-57-59-61-63-65-67-69-71-73-78(80)85-75-77(76-86-88(82,83)84)87-79(81)74-72-70-68-66-64-62-60-58-56-54-52-50-48-46-44-42-40-38-36-34-32-30-28-26-24-22-20-18-16-14-12-10-8-6-4-2/h77H,3-76H2,1-2H3,(H2,82,83,84)/t77-/m1/s1. The Bertz CT molecular complexity index is 1390. The second-order valence-corrected chi connectivity index (χ2v) is 29.4. The first-order valence-corrected chi connectivity index (χ1v) is 41.9. The van der Waals surface area contributed by atoms with E-state index in [1.54, 1.807) is 0 Å². The van der Waals surface area contributed by atoms with Crippen LogP contribution in [0, 0.1) is 0 Å². The summed E-state index contributed by atoms with van der Waals surface area (Å²) in [6, 6.07) is 0. The Morgan fingerprint density at radius 1 is 0.250 bits per heavy atom. The molecule has 0 aliphatic rings. The molecule has 9 heteroatoms. The zero-order chi connectivity index (χ0) is 63.7. The molecule has 0 rings (SSSR count). The first-order chi connectivity index (χ1) is 43.3. The van der Waals surface area contributed by atoms with Crippen molar-refractivity contribution in [3.63, 3.8) is 0 Å². The molecule has 0 saturated carbocycles. The highest BCUT2D eigenvalue weighted by molar-refractivity contribution is 7.46. The van der Waals surface area contributed by atoms with E-state index in [4.69, 9.17) is 9.47 Å². The fraction of sp³-hybridized carbons (Fsp3) is 0.975. The van der Waals surface area contributed by atoms with Crippen LogP contribution in [-0.2, 0) is 28.2 Å². The summed E-state index contributed by atoms with van der Waals surface area (Å²) in [4.78, 5) is 43.6. The van der Waals surface area contributed by atoms with Gasteiger partial charge in [0.1, 0.15) is 6.61 Å². The van der Waals surface area contributed by atoms with E-state index in [2.05, 4.69) is 18.4 Å². The molecule has 0 spiro atoms. The summed E-state index contributed by atoms with van der Waals surface area (Å²) in [7, 11) is -4.77. The molecule has 2 N–H and O–H groups in total. The Morgan fingerprint density at radius 3 is 0.580 bits per heavy atom. The van der Waals surface area contributed by atoms with Crippen LogP contribution in [0.1, 0.15) is 476 Å².